The molecular formula is C27H25N3O4S2. The molecule has 0 spiro atoms. The molecule has 0 radical (unpaired) electrons. The molecule has 7 nitrogen and oxygen atoms in total. The van der Waals surface area contributed by atoms with Crippen LogP contribution in [0.4, 0.5) is 17.1 Å². The fourth-order valence-electron chi connectivity index (χ4n) is 3.36. The van der Waals surface area contributed by atoms with E-state index in [1.54, 1.807) is 97.1 Å². The average molecular weight is 520 g/mol. The van der Waals surface area contributed by atoms with E-state index in [1.807, 2.05) is 13.8 Å². The second kappa shape index (κ2) is 10.3. The van der Waals surface area contributed by atoms with Gasteiger partial charge in [-0.1, -0.05) is 65.7 Å². The Balaban J connectivity index is 1.60. The van der Waals surface area contributed by atoms with Crippen molar-refractivity contribution < 1.29 is 16.8 Å². The Morgan fingerprint density at radius 2 is 1.03 bits per heavy atom. The zero-order chi connectivity index (χ0) is 25.8. The Morgan fingerprint density at radius 3 is 1.58 bits per heavy atom. The number of rotatable bonds is 8. The summed E-state index contributed by atoms with van der Waals surface area (Å²) in [6, 6.07) is 26.7. The summed E-state index contributed by atoms with van der Waals surface area (Å²) in [6.45, 7) is 3.76. The quantitative estimate of drug-likeness (QED) is 0.293. The van der Waals surface area contributed by atoms with Gasteiger partial charge in [-0.05, 0) is 56.3 Å². The molecule has 0 amide bonds. The second-order valence-electron chi connectivity index (χ2n) is 8.20. The van der Waals surface area contributed by atoms with Crippen LogP contribution in [-0.2, 0) is 20.0 Å². The highest BCUT2D eigenvalue weighted by atomic mass is 32.2. The predicted molar refractivity (Wildman–Crippen MR) is 144 cm³/mol. The lowest BCUT2D eigenvalue weighted by Gasteiger charge is -2.12. The lowest BCUT2D eigenvalue weighted by Crippen LogP contribution is -2.14. The molecule has 0 aliphatic heterocycles. The maximum absolute atomic E-state index is 12.9. The van der Waals surface area contributed by atoms with Crippen molar-refractivity contribution in [3.63, 3.8) is 0 Å². The van der Waals surface area contributed by atoms with E-state index in [0.717, 1.165) is 11.1 Å². The lowest BCUT2D eigenvalue weighted by molar-refractivity contribution is 0.599. The van der Waals surface area contributed by atoms with Crippen LogP contribution in [0.2, 0.25) is 0 Å². The number of sulfonamides is 2. The monoisotopic (exact) mass is 519 g/mol. The molecule has 0 saturated heterocycles. The molecule has 4 aromatic carbocycles. The molecule has 4 aromatic rings. The summed E-state index contributed by atoms with van der Waals surface area (Å²) < 4.78 is 56.7. The number of aliphatic imine (C=N–C) groups is 1. The van der Waals surface area contributed by atoms with Crippen molar-refractivity contribution in [2.75, 3.05) is 9.44 Å². The molecule has 0 saturated carbocycles. The van der Waals surface area contributed by atoms with E-state index >= 15 is 0 Å². The molecule has 36 heavy (non-hydrogen) atoms. The van der Waals surface area contributed by atoms with E-state index in [-0.39, 0.29) is 9.79 Å². The molecular weight excluding hydrogens is 494 g/mol. The number of anilines is 2. The minimum Gasteiger partial charge on any atom is -0.279 e. The molecule has 0 fully saturated rings. The zero-order valence-electron chi connectivity index (χ0n) is 19.7. The molecule has 0 atom stereocenters. The van der Waals surface area contributed by atoms with Crippen LogP contribution in [0.1, 0.15) is 16.7 Å². The van der Waals surface area contributed by atoms with Gasteiger partial charge in [-0.3, -0.25) is 14.4 Å². The van der Waals surface area contributed by atoms with Gasteiger partial charge in [0.1, 0.15) is 0 Å². The van der Waals surface area contributed by atoms with E-state index in [1.165, 1.54) is 6.21 Å². The van der Waals surface area contributed by atoms with Crippen LogP contribution in [-0.4, -0.2) is 23.1 Å². The molecule has 0 aliphatic rings. The molecule has 4 rings (SSSR count). The van der Waals surface area contributed by atoms with Gasteiger partial charge in [0.05, 0.1) is 26.9 Å². The normalized spacial score (nSPS) is 11.9. The molecule has 0 aromatic heterocycles. The Hall–Kier alpha value is -3.95. The molecule has 9 heteroatoms. The van der Waals surface area contributed by atoms with Gasteiger partial charge in [-0.25, -0.2) is 16.8 Å². The first kappa shape index (κ1) is 25.2. The summed E-state index contributed by atoms with van der Waals surface area (Å²) in [5, 5.41) is 0. The van der Waals surface area contributed by atoms with Crippen molar-refractivity contribution in [3.05, 3.63) is 114 Å². The van der Waals surface area contributed by atoms with E-state index in [4.69, 9.17) is 0 Å². The lowest BCUT2D eigenvalue weighted by atomic mass is 10.2. The van der Waals surface area contributed by atoms with Crippen LogP contribution in [0.15, 0.2) is 112 Å². The Bertz CT molecular complexity index is 1490. The minimum absolute atomic E-state index is 0.141. The van der Waals surface area contributed by atoms with Crippen LogP contribution in [0, 0.1) is 13.8 Å². The van der Waals surface area contributed by atoms with E-state index in [2.05, 4.69) is 14.4 Å². The summed E-state index contributed by atoms with van der Waals surface area (Å²) in [7, 11) is -7.62. The maximum atomic E-state index is 12.9. The van der Waals surface area contributed by atoms with Crippen molar-refractivity contribution in [2.24, 2.45) is 4.99 Å². The van der Waals surface area contributed by atoms with Gasteiger partial charge < -0.3 is 0 Å². The van der Waals surface area contributed by atoms with E-state index in [0.29, 0.717) is 22.6 Å². The van der Waals surface area contributed by atoms with Gasteiger partial charge in [0.15, 0.2) is 0 Å². The SMILES string of the molecule is Cc1ccc(S(=O)(=O)Nc2ccccc2/C=N/c2ccccc2NS(=O)(=O)c2ccc(C)cc2)cc1. The fraction of sp³-hybridized carbons (Fsp3) is 0.0741. The standard InChI is InChI=1S/C27H25N3O4S2/c1-20-11-15-23(16-12-20)35(31,32)29-25-8-4-3-7-22(25)19-28-26-9-5-6-10-27(26)30-36(33,34)24-17-13-21(2)14-18-24/h3-19,29-30H,1-2H3/b28-19+. The van der Waals surface area contributed by atoms with Crippen LogP contribution in [0.3, 0.4) is 0 Å². The van der Waals surface area contributed by atoms with Crippen LogP contribution in [0.5, 0.6) is 0 Å². The first-order chi connectivity index (χ1) is 17.1. The fourth-order valence-corrected chi connectivity index (χ4v) is 5.52. The highest BCUT2D eigenvalue weighted by Gasteiger charge is 2.17. The number of hydrogen-bond donors (Lipinski definition) is 2. The largest absolute Gasteiger partial charge is 0.279 e. The van der Waals surface area contributed by atoms with Crippen LogP contribution >= 0.6 is 0 Å². The second-order valence-corrected chi connectivity index (χ2v) is 11.6. The van der Waals surface area contributed by atoms with Gasteiger partial charge >= 0.3 is 0 Å². The van der Waals surface area contributed by atoms with Crippen molar-refractivity contribution in [3.8, 4) is 0 Å². The molecule has 0 unspecified atom stereocenters. The zero-order valence-corrected chi connectivity index (χ0v) is 21.3. The topological polar surface area (TPSA) is 105 Å². The van der Waals surface area contributed by atoms with Crippen LogP contribution in [0.25, 0.3) is 0 Å². The maximum Gasteiger partial charge on any atom is 0.261 e. The van der Waals surface area contributed by atoms with Gasteiger partial charge in [0.25, 0.3) is 20.0 Å². The van der Waals surface area contributed by atoms with Crippen LogP contribution < -0.4 is 9.44 Å². The highest BCUT2D eigenvalue weighted by Crippen LogP contribution is 2.28. The van der Waals surface area contributed by atoms with Gasteiger partial charge in [0.2, 0.25) is 0 Å². The van der Waals surface area contributed by atoms with Crippen molar-refractivity contribution >= 4 is 43.3 Å². The van der Waals surface area contributed by atoms with Crippen molar-refractivity contribution in [1.82, 2.24) is 0 Å². The summed E-state index contributed by atoms with van der Waals surface area (Å²) in [6.07, 6.45) is 1.49. The summed E-state index contributed by atoms with van der Waals surface area (Å²) in [4.78, 5) is 4.75. The Morgan fingerprint density at radius 1 is 0.583 bits per heavy atom. The third-order valence-corrected chi connectivity index (χ3v) is 8.12. The van der Waals surface area contributed by atoms with Gasteiger partial charge in [-0.2, -0.15) is 0 Å². The minimum atomic E-state index is -3.82. The number of nitrogens with one attached hydrogen (secondary N) is 2. The summed E-state index contributed by atoms with van der Waals surface area (Å²) in [5.41, 5.74) is 3.45. The van der Waals surface area contributed by atoms with E-state index < -0.39 is 20.0 Å². The van der Waals surface area contributed by atoms with Crippen molar-refractivity contribution in [2.45, 2.75) is 23.6 Å². The Kier molecular flexibility index (Phi) is 7.23. The molecule has 0 heterocycles. The van der Waals surface area contributed by atoms with Crippen molar-refractivity contribution in [1.29, 1.82) is 0 Å². The first-order valence-corrected chi connectivity index (χ1v) is 14.0. The molecule has 0 bridgehead atoms. The first-order valence-electron chi connectivity index (χ1n) is 11.1. The third-order valence-electron chi connectivity index (χ3n) is 5.36. The number of benzene rings is 4. The smallest absolute Gasteiger partial charge is 0.261 e. The number of nitrogens with zero attached hydrogens (tertiary/aromatic N) is 1. The Labute approximate surface area is 211 Å². The number of para-hydroxylation sites is 3. The summed E-state index contributed by atoms with van der Waals surface area (Å²) >= 11 is 0. The van der Waals surface area contributed by atoms with Gasteiger partial charge in [-0.15, -0.1) is 0 Å². The van der Waals surface area contributed by atoms with Gasteiger partial charge in [0, 0.05) is 11.8 Å². The molecule has 0 aliphatic carbocycles. The summed E-state index contributed by atoms with van der Waals surface area (Å²) in [5.74, 6) is 0. The number of hydrogen-bond acceptors (Lipinski definition) is 5. The third kappa shape index (κ3) is 5.99. The van der Waals surface area contributed by atoms with E-state index in [9.17, 15) is 16.8 Å². The average Bonchev–Trinajstić information content (AvgIpc) is 2.84. The highest BCUT2D eigenvalue weighted by molar-refractivity contribution is 7.93. The predicted octanol–water partition coefficient (Wildman–Crippen LogP) is 5.66. The molecule has 184 valence electrons. The molecule has 2 N–H and O–H groups in total. The number of aryl methyl sites for hydroxylation is 2.